The number of carbonyl (C=O) groups excluding carboxylic acids is 1. The lowest BCUT2D eigenvalue weighted by molar-refractivity contribution is 0.0548. The average Bonchev–Trinajstić information content (AvgIpc) is 2.77. The van der Waals surface area contributed by atoms with Crippen LogP contribution in [0.3, 0.4) is 0 Å². The summed E-state index contributed by atoms with van der Waals surface area (Å²) in [6, 6.07) is 17.8. The summed E-state index contributed by atoms with van der Waals surface area (Å²) < 4.78 is 6.01. The lowest BCUT2D eigenvalue weighted by Gasteiger charge is -2.22. The van der Waals surface area contributed by atoms with E-state index in [4.69, 9.17) is 4.74 Å². The molecule has 0 saturated carbocycles. The van der Waals surface area contributed by atoms with Gasteiger partial charge in [-0.25, -0.2) is 0 Å². The normalized spacial score (nSPS) is 13.2. The number of benzene rings is 2. The van der Waals surface area contributed by atoms with E-state index >= 15 is 0 Å². The fourth-order valence-electron chi connectivity index (χ4n) is 3.87. The van der Waals surface area contributed by atoms with Crippen molar-refractivity contribution in [3.8, 4) is 0 Å². The lowest BCUT2D eigenvalue weighted by atomic mass is 9.84. The monoisotopic (exact) mass is 394 g/mol. The summed E-state index contributed by atoms with van der Waals surface area (Å²) in [5, 5.41) is 0. The van der Waals surface area contributed by atoms with Gasteiger partial charge in [0.05, 0.1) is 6.10 Å². The van der Waals surface area contributed by atoms with E-state index < -0.39 is 0 Å². The van der Waals surface area contributed by atoms with Gasteiger partial charge in [0.25, 0.3) is 0 Å². The molecule has 0 saturated heterocycles. The van der Waals surface area contributed by atoms with Crippen molar-refractivity contribution in [2.45, 2.75) is 84.2 Å². The zero-order valence-electron chi connectivity index (χ0n) is 18.5. The third-order valence-electron chi connectivity index (χ3n) is 5.66. The summed E-state index contributed by atoms with van der Waals surface area (Å²) in [7, 11) is 0. The Labute approximate surface area is 177 Å². The van der Waals surface area contributed by atoms with Crippen LogP contribution in [-0.2, 0) is 4.74 Å². The Bertz CT molecular complexity index is 707. The molecule has 0 aliphatic rings. The van der Waals surface area contributed by atoms with E-state index in [1.54, 1.807) is 0 Å². The Morgan fingerprint density at radius 3 is 2.24 bits per heavy atom. The summed E-state index contributed by atoms with van der Waals surface area (Å²) >= 11 is 0. The van der Waals surface area contributed by atoms with E-state index in [9.17, 15) is 4.79 Å². The molecule has 0 N–H and O–H groups in total. The molecule has 0 fully saturated rings. The highest BCUT2D eigenvalue weighted by molar-refractivity contribution is 6.10. The van der Waals surface area contributed by atoms with Gasteiger partial charge in [0.2, 0.25) is 0 Å². The summed E-state index contributed by atoms with van der Waals surface area (Å²) in [6.45, 7) is 7.50. The highest BCUT2D eigenvalue weighted by Gasteiger charge is 2.20. The predicted molar refractivity (Wildman–Crippen MR) is 123 cm³/mol. The smallest absolute Gasteiger partial charge is 0.193 e. The van der Waals surface area contributed by atoms with Gasteiger partial charge in [-0.3, -0.25) is 4.79 Å². The second-order valence-corrected chi connectivity index (χ2v) is 8.09. The van der Waals surface area contributed by atoms with Crippen molar-refractivity contribution >= 4 is 5.78 Å². The maximum atomic E-state index is 13.2. The van der Waals surface area contributed by atoms with Crippen LogP contribution in [0.2, 0.25) is 0 Å². The van der Waals surface area contributed by atoms with Crippen LogP contribution < -0.4 is 0 Å². The molecule has 158 valence electrons. The summed E-state index contributed by atoms with van der Waals surface area (Å²) in [5.74, 6) is 0.534. The molecule has 0 bridgehead atoms. The molecule has 0 amide bonds. The van der Waals surface area contributed by atoms with Crippen molar-refractivity contribution in [1.29, 1.82) is 0 Å². The maximum absolute atomic E-state index is 13.2. The molecule has 2 rings (SSSR count). The third kappa shape index (κ3) is 7.78. The minimum absolute atomic E-state index is 0.131. The van der Waals surface area contributed by atoms with Gasteiger partial charge in [-0.05, 0) is 44.1 Å². The molecule has 0 aromatic heterocycles. The summed E-state index contributed by atoms with van der Waals surface area (Å²) in [6.07, 6.45) is 9.46. The van der Waals surface area contributed by atoms with E-state index in [1.807, 2.05) is 42.5 Å². The molecule has 0 aliphatic heterocycles. The predicted octanol–water partition coefficient (Wildman–Crippen LogP) is 7.57. The highest BCUT2D eigenvalue weighted by Crippen LogP contribution is 2.31. The number of rotatable bonds is 14. The van der Waals surface area contributed by atoms with Crippen LogP contribution >= 0.6 is 0 Å². The minimum Gasteiger partial charge on any atom is -0.379 e. The number of hydrogen-bond acceptors (Lipinski definition) is 2. The fourth-order valence-corrected chi connectivity index (χ4v) is 3.87. The van der Waals surface area contributed by atoms with Crippen LogP contribution in [0.4, 0.5) is 0 Å². The van der Waals surface area contributed by atoms with Crippen LogP contribution in [0.1, 0.15) is 99.5 Å². The zero-order chi connectivity index (χ0) is 20.9. The molecular formula is C27H38O2. The molecule has 29 heavy (non-hydrogen) atoms. The first-order valence-electron chi connectivity index (χ1n) is 11.5. The van der Waals surface area contributed by atoms with Crippen LogP contribution in [0.5, 0.6) is 0 Å². The molecule has 2 atom stereocenters. The van der Waals surface area contributed by atoms with Gasteiger partial charge in [-0.2, -0.15) is 0 Å². The largest absolute Gasteiger partial charge is 0.379 e. The Balaban J connectivity index is 2.10. The van der Waals surface area contributed by atoms with Crippen molar-refractivity contribution in [3.05, 3.63) is 71.3 Å². The number of unbranched alkanes of at least 4 members (excludes halogenated alkanes) is 3. The quantitative estimate of drug-likeness (QED) is 0.244. The molecule has 2 aromatic rings. The van der Waals surface area contributed by atoms with Crippen molar-refractivity contribution in [2.24, 2.45) is 0 Å². The summed E-state index contributed by atoms with van der Waals surface area (Å²) in [4.78, 5) is 13.2. The first-order valence-corrected chi connectivity index (χ1v) is 11.5. The van der Waals surface area contributed by atoms with Crippen molar-refractivity contribution in [3.63, 3.8) is 0 Å². The zero-order valence-corrected chi connectivity index (χ0v) is 18.5. The second kappa shape index (κ2) is 13.3. The maximum Gasteiger partial charge on any atom is 0.193 e. The third-order valence-corrected chi connectivity index (χ3v) is 5.66. The average molecular weight is 395 g/mol. The van der Waals surface area contributed by atoms with Crippen LogP contribution in [0, 0.1) is 0 Å². The number of ether oxygens (including phenoxy) is 1. The van der Waals surface area contributed by atoms with E-state index in [1.165, 1.54) is 31.2 Å². The molecule has 2 heteroatoms. The van der Waals surface area contributed by atoms with Gasteiger partial charge in [-0.1, -0.05) is 94.1 Å². The van der Waals surface area contributed by atoms with Gasteiger partial charge in [0, 0.05) is 17.7 Å². The standard InChI is InChI=1S/C27H38O2/c1-4-6-13-21-29-22(3)19-20-23(14-7-5-2)25-17-11-12-18-26(25)27(28)24-15-9-8-10-16-24/h8-12,15-18,22-23H,4-7,13-14,19-21H2,1-3H3. The van der Waals surface area contributed by atoms with Crippen LogP contribution in [0.15, 0.2) is 54.6 Å². The Kier molecular flexibility index (Phi) is 10.7. The SMILES string of the molecule is CCCCCOC(C)CCC(CCCC)c1ccccc1C(=O)c1ccccc1. The topological polar surface area (TPSA) is 26.3 Å². The van der Waals surface area contributed by atoms with Crippen molar-refractivity contribution in [2.75, 3.05) is 6.61 Å². The Hall–Kier alpha value is -1.93. The number of hydrogen-bond donors (Lipinski definition) is 0. The first-order chi connectivity index (χ1) is 14.2. The first kappa shape index (κ1) is 23.3. The highest BCUT2D eigenvalue weighted by atomic mass is 16.5. The van der Waals surface area contributed by atoms with E-state index in [0.29, 0.717) is 5.92 Å². The minimum atomic E-state index is 0.131. The molecule has 2 aromatic carbocycles. The number of carbonyl (C=O) groups is 1. The molecule has 2 nitrogen and oxygen atoms in total. The molecule has 0 aliphatic carbocycles. The Morgan fingerprint density at radius 2 is 1.52 bits per heavy atom. The van der Waals surface area contributed by atoms with Crippen molar-refractivity contribution < 1.29 is 9.53 Å². The second-order valence-electron chi connectivity index (χ2n) is 8.09. The molecule has 0 spiro atoms. The fraction of sp³-hybridized carbons (Fsp3) is 0.519. The van der Waals surface area contributed by atoms with Gasteiger partial charge in [0.15, 0.2) is 5.78 Å². The molecule has 2 unspecified atom stereocenters. The van der Waals surface area contributed by atoms with Gasteiger partial charge < -0.3 is 4.74 Å². The molecular weight excluding hydrogens is 356 g/mol. The van der Waals surface area contributed by atoms with Gasteiger partial charge in [0.1, 0.15) is 0 Å². The van der Waals surface area contributed by atoms with Crippen LogP contribution in [0.25, 0.3) is 0 Å². The molecule has 0 radical (unpaired) electrons. The molecule has 0 heterocycles. The van der Waals surface area contributed by atoms with Gasteiger partial charge >= 0.3 is 0 Å². The number of ketones is 1. The lowest BCUT2D eigenvalue weighted by Crippen LogP contribution is -2.14. The van der Waals surface area contributed by atoms with E-state index in [2.05, 4.69) is 32.9 Å². The van der Waals surface area contributed by atoms with E-state index in [0.717, 1.165) is 43.4 Å². The van der Waals surface area contributed by atoms with E-state index in [-0.39, 0.29) is 11.9 Å². The van der Waals surface area contributed by atoms with Gasteiger partial charge in [-0.15, -0.1) is 0 Å². The van der Waals surface area contributed by atoms with Crippen LogP contribution in [-0.4, -0.2) is 18.5 Å². The van der Waals surface area contributed by atoms with Crippen molar-refractivity contribution in [1.82, 2.24) is 0 Å². The summed E-state index contributed by atoms with van der Waals surface area (Å²) in [5.41, 5.74) is 2.83. The Morgan fingerprint density at radius 1 is 0.828 bits per heavy atom.